The van der Waals surface area contributed by atoms with Gasteiger partial charge in [-0.3, -0.25) is 0 Å². The van der Waals surface area contributed by atoms with Gasteiger partial charge in [0, 0.05) is 13.1 Å². The van der Waals surface area contributed by atoms with Gasteiger partial charge in [-0.15, -0.1) is 0 Å². The minimum absolute atomic E-state index is 0.590. The molecule has 0 spiro atoms. The van der Waals surface area contributed by atoms with Gasteiger partial charge in [0.25, 0.3) is 0 Å². The highest BCUT2D eigenvalue weighted by molar-refractivity contribution is 5.71. The van der Waals surface area contributed by atoms with Crippen LogP contribution in [0.15, 0.2) is 6.33 Å². The fourth-order valence-electron chi connectivity index (χ4n) is 1.19. The zero-order valence-corrected chi connectivity index (χ0v) is 6.79. The van der Waals surface area contributed by atoms with Crippen molar-refractivity contribution in [1.82, 2.24) is 9.97 Å². The average molecular weight is 166 g/mol. The Labute approximate surface area is 70.2 Å². The van der Waals surface area contributed by atoms with E-state index in [-0.39, 0.29) is 0 Å². The number of anilines is 2. The molecule has 0 saturated carbocycles. The normalized spacial score (nSPS) is 14.1. The summed E-state index contributed by atoms with van der Waals surface area (Å²) in [6.45, 7) is 1.75. The minimum Gasteiger partial charge on any atom is -0.479 e. The molecule has 0 aliphatic carbocycles. The van der Waals surface area contributed by atoms with Gasteiger partial charge in [-0.1, -0.05) is 0 Å². The van der Waals surface area contributed by atoms with Crippen LogP contribution in [0.3, 0.4) is 0 Å². The third-order valence-electron chi connectivity index (χ3n) is 1.73. The number of methoxy groups -OCH3 is 1. The first-order valence-corrected chi connectivity index (χ1v) is 3.78. The van der Waals surface area contributed by atoms with E-state index in [1.807, 2.05) is 0 Å². The topological polar surface area (TPSA) is 59.1 Å². The predicted molar refractivity (Wildman–Crippen MR) is 45.6 cm³/mol. The van der Waals surface area contributed by atoms with E-state index in [0.717, 1.165) is 24.6 Å². The van der Waals surface area contributed by atoms with Crippen LogP contribution in [0.5, 0.6) is 5.88 Å². The van der Waals surface area contributed by atoms with Gasteiger partial charge in [0.05, 0.1) is 7.11 Å². The van der Waals surface area contributed by atoms with Crippen molar-refractivity contribution in [3.05, 3.63) is 6.33 Å². The Morgan fingerprint density at radius 3 is 3.00 bits per heavy atom. The van der Waals surface area contributed by atoms with E-state index in [1.54, 1.807) is 7.11 Å². The molecule has 0 amide bonds. The molecule has 0 atom stereocenters. The van der Waals surface area contributed by atoms with Crippen molar-refractivity contribution in [1.29, 1.82) is 0 Å². The van der Waals surface area contributed by atoms with Gasteiger partial charge in [0.15, 0.2) is 5.82 Å². The highest BCUT2D eigenvalue weighted by Crippen LogP contribution is 2.29. The third-order valence-corrected chi connectivity index (χ3v) is 1.73. The first-order valence-electron chi connectivity index (χ1n) is 3.78. The van der Waals surface area contributed by atoms with Crippen molar-refractivity contribution in [3.8, 4) is 5.88 Å². The fraction of sp³-hybridized carbons (Fsp3) is 0.429. The van der Waals surface area contributed by atoms with Crippen molar-refractivity contribution < 1.29 is 4.74 Å². The first kappa shape index (κ1) is 7.15. The largest absolute Gasteiger partial charge is 0.479 e. The molecule has 1 aliphatic heterocycles. The zero-order valence-electron chi connectivity index (χ0n) is 6.79. The number of nitrogens with one attached hydrogen (secondary N) is 2. The second-order valence-electron chi connectivity index (χ2n) is 2.46. The molecule has 2 rings (SSSR count). The second-order valence-corrected chi connectivity index (χ2v) is 2.46. The molecule has 5 heteroatoms. The maximum atomic E-state index is 5.06. The van der Waals surface area contributed by atoms with Crippen molar-refractivity contribution in [2.75, 3.05) is 30.8 Å². The molecule has 1 aliphatic rings. The van der Waals surface area contributed by atoms with Crippen molar-refractivity contribution in [3.63, 3.8) is 0 Å². The van der Waals surface area contributed by atoms with Crippen LogP contribution < -0.4 is 15.4 Å². The SMILES string of the molecule is COc1ncnc2c1NCCN2. The van der Waals surface area contributed by atoms with E-state index in [4.69, 9.17) is 4.74 Å². The van der Waals surface area contributed by atoms with Crippen molar-refractivity contribution in [2.24, 2.45) is 0 Å². The molecule has 64 valence electrons. The molecule has 5 nitrogen and oxygen atoms in total. The lowest BCUT2D eigenvalue weighted by Crippen LogP contribution is -2.22. The number of hydrogen-bond acceptors (Lipinski definition) is 5. The lowest BCUT2D eigenvalue weighted by atomic mass is 10.3. The number of rotatable bonds is 1. The fourth-order valence-corrected chi connectivity index (χ4v) is 1.19. The first-order chi connectivity index (χ1) is 5.92. The number of ether oxygens (including phenoxy) is 1. The number of nitrogens with zero attached hydrogens (tertiary/aromatic N) is 2. The summed E-state index contributed by atoms with van der Waals surface area (Å²) in [5, 5.41) is 6.31. The van der Waals surface area contributed by atoms with Gasteiger partial charge in [-0.25, -0.2) is 4.98 Å². The van der Waals surface area contributed by atoms with Crippen LogP contribution in [0.2, 0.25) is 0 Å². The Balaban J connectivity index is 2.44. The average Bonchev–Trinajstić information content (AvgIpc) is 2.17. The molecule has 12 heavy (non-hydrogen) atoms. The Morgan fingerprint density at radius 1 is 1.33 bits per heavy atom. The van der Waals surface area contributed by atoms with Crippen LogP contribution in [0.1, 0.15) is 0 Å². The van der Waals surface area contributed by atoms with Gasteiger partial charge >= 0.3 is 0 Å². The summed E-state index contributed by atoms with van der Waals surface area (Å²) in [7, 11) is 1.60. The smallest absolute Gasteiger partial charge is 0.242 e. The summed E-state index contributed by atoms with van der Waals surface area (Å²) in [5.74, 6) is 1.40. The summed E-state index contributed by atoms with van der Waals surface area (Å²) < 4.78 is 5.06. The molecule has 0 saturated heterocycles. The molecule has 2 heterocycles. The summed E-state index contributed by atoms with van der Waals surface area (Å²) in [4.78, 5) is 8.04. The highest BCUT2D eigenvalue weighted by atomic mass is 16.5. The summed E-state index contributed by atoms with van der Waals surface area (Å²) >= 11 is 0. The standard InChI is InChI=1S/C7H10N4O/c1-12-7-5-6(10-4-11-7)9-3-2-8-5/h4,8H,2-3H2,1H3,(H,9,10,11). The van der Waals surface area contributed by atoms with Gasteiger partial charge in [-0.2, -0.15) is 4.98 Å². The van der Waals surface area contributed by atoms with E-state index in [0.29, 0.717) is 5.88 Å². The van der Waals surface area contributed by atoms with Crippen LogP contribution in [-0.2, 0) is 0 Å². The van der Waals surface area contributed by atoms with Gasteiger partial charge in [-0.05, 0) is 0 Å². The predicted octanol–water partition coefficient (Wildman–Crippen LogP) is 0.323. The Kier molecular flexibility index (Phi) is 1.69. The van der Waals surface area contributed by atoms with Crippen LogP contribution in [-0.4, -0.2) is 30.2 Å². The molecular weight excluding hydrogens is 156 g/mol. The van der Waals surface area contributed by atoms with Crippen LogP contribution in [0.25, 0.3) is 0 Å². The molecule has 1 aromatic rings. The Bertz CT molecular complexity index is 274. The Hall–Kier alpha value is -1.52. The van der Waals surface area contributed by atoms with Gasteiger partial charge < -0.3 is 15.4 Å². The molecule has 0 radical (unpaired) electrons. The molecule has 2 N–H and O–H groups in total. The maximum Gasteiger partial charge on any atom is 0.242 e. The Morgan fingerprint density at radius 2 is 2.17 bits per heavy atom. The second kappa shape index (κ2) is 2.84. The summed E-state index contributed by atoms with van der Waals surface area (Å²) in [5.41, 5.74) is 0.853. The lowest BCUT2D eigenvalue weighted by molar-refractivity contribution is 0.398. The number of fused-ring (bicyclic) bond motifs is 1. The molecule has 0 bridgehead atoms. The molecule has 0 unspecified atom stereocenters. The third kappa shape index (κ3) is 1.03. The van der Waals surface area contributed by atoms with Crippen LogP contribution in [0, 0.1) is 0 Å². The van der Waals surface area contributed by atoms with Gasteiger partial charge in [0.2, 0.25) is 5.88 Å². The van der Waals surface area contributed by atoms with E-state index >= 15 is 0 Å². The maximum absolute atomic E-state index is 5.06. The summed E-state index contributed by atoms with van der Waals surface area (Å²) in [6.07, 6.45) is 1.48. The molecular formula is C7H10N4O. The quantitative estimate of drug-likeness (QED) is 0.629. The van der Waals surface area contributed by atoms with E-state index in [2.05, 4.69) is 20.6 Å². The number of hydrogen-bond donors (Lipinski definition) is 2. The van der Waals surface area contributed by atoms with E-state index in [1.165, 1.54) is 6.33 Å². The molecule has 0 fully saturated rings. The van der Waals surface area contributed by atoms with Crippen LogP contribution >= 0.6 is 0 Å². The highest BCUT2D eigenvalue weighted by Gasteiger charge is 2.14. The lowest BCUT2D eigenvalue weighted by Gasteiger charge is -2.19. The van der Waals surface area contributed by atoms with Crippen LogP contribution in [0.4, 0.5) is 11.5 Å². The van der Waals surface area contributed by atoms with E-state index < -0.39 is 0 Å². The summed E-state index contributed by atoms with van der Waals surface area (Å²) in [6, 6.07) is 0. The zero-order chi connectivity index (χ0) is 8.39. The molecule has 1 aromatic heterocycles. The number of aromatic nitrogens is 2. The van der Waals surface area contributed by atoms with Gasteiger partial charge in [0.1, 0.15) is 12.0 Å². The monoisotopic (exact) mass is 166 g/mol. The van der Waals surface area contributed by atoms with Crippen molar-refractivity contribution in [2.45, 2.75) is 0 Å². The minimum atomic E-state index is 0.590. The molecule has 0 aromatic carbocycles. The van der Waals surface area contributed by atoms with E-state index in [9.17, 15) is 0 Å². The van der Waals surface area contributed by atoms with Crippen molar-refractivity contribution >= 4 is 11.5 Å².